The first-order valence-corrected chi connectivity index (χ1v) is 35.3. The van der Waals surface area contributed by atoms with Gasteiger partial charge < -0.3 is 54.4 Å². The summed E-state index contributed by atoms with van der Waals surface area (Å²) >= 11 is 5.16. The van der Waals surface area contributed by atoms with E-state index in [9.17, 15) is 87.9 Å². The number of ether oxygens (including phenoxy) is 6. The molecule has 0 spiro atoms. The summed E-state index contributed by atoms with van der Waals surface area (Å²) in [5.41, 5.74) is 2.00. The van der Waals surface area contributed by atoms with Gasteiger partial charge in [-0.15, -0.1) is 0 Å². The van der Waals surface area contributed by atoms with Crippen LogP contribution in [0.15, 0.2) is 91.0 Å². The number of hydrogen-bond donors (Lipinski definition) is 4. The zero-order valence-corrected chi connectivity index (χ0v) is 63.3. The Morgan fingerprint density at radius 2 is 0.774 bits per heavy atom. The molecule has 1 amide bonds. The Balaban J connectivity index is 0.00000121. The molecule has 3 unspecified atom stereocenters. The van der Waals surface area contributed by atoms with Gasteiger partial charge in [0.15, 0.2) is 0 Å². The molecule has 3 aromatic rings. The van der Waals surface area contributed by atoms with Gasteiger partial charge in [-0.1, -0.05) is 78.9 Å². The molecule has 33 heteroatoms. The van der Waals surface area contributed by atoms with Crippen LogP contribution in [0.1, 0.15) is 154 Å². The molecule has 4 fully saturated rings. The van der Waals surface area contributed by atoms with Crippen LogP contribution in [0, 0.1) is 71.8 Å². The molecule has 4 aliphatic rings. The van der Waals surface area contributed by atoms with Crippen molar-refractivity contribution in [1.29, 1.82) is 0 Å². The Morgan fingerprint density at radius 1 is 0.462 bits per heavy atom. The highest BCUT2D eigenvalue weighted by molar-refractivity contribution is 6.67. The number of carbonyl (C=O) groups is 12. The van der Waals surface area contributed by atoms with E-state index in [-0.39, 0.29) is 110 Å². The fraction of sp³-hybridized carbons (Fsp3) is 0.589. The van der Waals surface area contributed by atoms with Gasteiger partial charge in [0.05, 0.1) is 56.7 Å². The van der Waals surface area contributed by atoms with Crippen molar-refractivity contribution >= 4 is 81.9 Å². The predicted octanol–water partition coefficient (Wildman–Crippen LogP) is 7.77. The molecule has 0 bridgehead atoms. The van der Waals surface area contributed by atoms with Crippen molar-refractivity contribution in [2.75, 3.05) is 78.8 Å². The minimum absolute atomic E-state index is 0.0140. The second-order valence-corrected chi connectivity index (χ2v) is 25.4. The molecule has 0 aliphatic carbocycles. The number of carboxylic acid groups (broad SMARTS) is 1. The average Bonchev–Trinajstić information content (AvgIpc) is 1.68. The van der Waals surface area contributed by atoms with Crippen LogP contribution < -0.4 is 16.0 Å². The largest absolute Gasteiger partial charge is 0.481 e. The molecule has 106 heavy (non-hydrogen) atoms. The molecule has 11 atom stereocenters. The molecule has 4 heterocycles. The number of esters is 6. The third-order valence-electron chi connectivity index (χ3n) is 15.6. The van der Waals surface area contributed by atoms with E-state index in [1.807, 2.05) is 58.0 Å². The minimum Gasteiger partial charge on any atom is -0.481 e. The maximum atomic E-state index is 12.4. The van der Waals surface area contributed by atoms with Gasteiger partial charge in [0.1, 0.15) is 41.7 Å². The number of Topliss-reactive ketones (excluding diaryl/α,β-unsaturated/α-hetero) is 3. The SMILES string of the molecule is CC(=O)CC(C[N+](=O)[O-])C(=O)OCc1ccccc1.CCOC(=O)C(CC(C)=O)C[N+](=O)[O-].CCOC(=O)C(CC(C)=O)C[N+](=O)[O-].CCOC(=O)[C@@H]1C[C@@H](C)N(C(=O)c2ccccc2)C1.CCOC(=O)[C@H]1CN[C@H](C)C1.CCOC(=O)[C@H]1CN[C@H](C)C1.C[C@@H]1C[C@@H](C(=O)O)CN1.O=C(Cl)c1ccccc1. The smallest absolute Gasteiger partial charge is 0.316 e. The second-order valence-electron chi connectivity index (χ2n) is 25.0. The third-order valence-corrected chi connectivity index (χ3v) is 15.8. The number of halogens is 1. The number of aliphatic carboxylic acids is 1. The van der Waals surface area contributed by atoms with E-state index in [0.717, 1.165) is 37.9 Å². The Labute approximate surface area is 623 Å². The lowest BCUT2D eigenvalue weighted by Gasteiger charge is -2.21. The fourth-order valence-corrected chi connectivity index (χ4v) is 10.7. The van der Waals surface area contributed by atoms with Crippen LogP contribution in [0.2, 0.25) is 0 Å². The summed E-state index contributed by atoms with van der Waals surface area (Å²) in [6.45, 7) is 23.3. The van der Waals surface area contributed by atoms with Gasteiger partial charge in [0.25, 0.3) is 11.1 Å². The number of benzene rings is 3. The lowest BCUT2D eigenvalue weighted by molar-refractivity contribution is -0.486. The van der Waals surface area contributed by atoms with Crippen molar-refractivity contribution in [3.8, 4) is 0 Å². The third kappa shape index (κ3) is 43.7. The van der Waals surface area contributed by atoms with Crippen LogP contribution in [-0.2, 0) is 83.0 Å². The minimum atomic E-state index is -1.02. The van der Waals surface area contributed by atoms with Gasteiger partial charge in [-0.3, -0.25) is 87.9 Å². The summed E-state index contributed by atoms with van der Waals surface area (Å²) in [5.74, 6) is -6.95. The highest BCUT2D eigenvalue weighted by Gasteiger charge is 2.38. The van der Waals surface area contributed by atoms with Crippen LogP contribution >= 0.6 is 11.6 Å². The van der Waals surface area contributed by atoms with Crippen molar-refractivity contribution in [2.24, 2.45) is 41.4 Å². The molecular weight excluding hydrogens is 1410 g/mol. The van der Waals surface area contributed by atoms with E-state index in [2.05, 4.69) is 39.3 Å². The van der Waals surface area contributed by atoms with E-state index in [1.165, 1.54) is 20.8 Å². The number of carboxylic acids is 1. The van der Waals surface area contributed by atoms with E-state index in [1.54, 1.807) is 86.3 Å². The second kappa shape index (κ2) is 55.0. The molecular formula is C73H106ClN7O25. The quantitative estimate of drug-likeness (QED) is 0.0177. The van der Waals surface area contributed by atoms with E-state index in [4.69, 9.17) is 35.7 Å². The maximum absolute atomic E-state index is 12.4. The zero-order chi connectivity index (χ0) is 80.4. The van der Waals surface area contributed by atoms with Crippen molar-refractivity contribution in [3.63, 3.8) is 0 Å². The first-order valence-electron chi connectivity index (χ1n) is 34.9. The molecule has 0 aromatic heterocycles. The summed E-state index contributed by atoms with van der Waals surface area (Å²) in [6, 6.07) is 28.3. The van der Waals surface area contributed by atoms with Crippen molar-refractivity contribution in [1.82, 2.24) is 20.9 Å². The summed E-state index contributed by atoms with van der Waals surface area (Å²) in [4.78, 5) is 164. The first-order chi connectivity index (χ1) is 50.0. The number of nitro groups is 3. The standard InChI is InChI=1S/C15H19NO3.C13H15NO5.2C8H13NO5.2C8H15NO2.C7H5ClO.C6H11NO2/c1-3-19-15(18)13-9-11(2)16(10-13)14(17)12-7-5-4-6-8-12;1-10(15)7-12(8-14(17)18)13(16)19-9-11-5-3-2-4-6-11;2*1-3-14-8(11)7(4-6(2)10)5-9(12)13;2*1-3-11-8(10)7-4-6(2)9-5-7;8-7(9)6-4-2-1-3-5-6;1-4-2-5(3-7-4)6(8)9/h4-8,11,13H,3,9-10H2,1-2H3;2-6,12H,7-9H2,1H3;2*7H,3-5H2,1-2H3;2*6-7,9H,3-5H2,1-2H3;1-5H;4-5,7H,2-3H2,1H3,(H,8,9)/t11-,13-;;;;2*6-,7-;;4-,5-/m1...11.1/s1. The van der Waals surface area contributed by atoms with E-state index in [0.29, 0.717) is 68.6 Å². The molecule has 7 rings (SSSR count). The summed E-state index contributed by atoms with van der Waals surface area (Å²) in [5, 5.41) is 48.4. The number of rotatable bonds is 28. The Kier molecular flexibility index (Phi) is 50.1. The van der Waals surface area contributed by atoms with Gasteiger partial charge in [-0.2, -0.15) is 0 Å². The van der Waals surface area contributed by atoms with Crippen LogP contribution in [0.5, 0.6) is 0 Å². The highest BCUT2D eigenvalue weighted by atomic mass is 35.5. The van der Waals surface area contributed by atoms with Crippen LogP contribution in [0.4, 0.5) is 0 Å². The summed E-state index contributed by atoms with van der Waals surface area (Å²) < 4.78 is 29.0. The molecule has 590 valence electrons. The molecule has 32 nitrogen and oxygen atoms in total. The van der Waals surface area contributed by atoms with Crippen molar-refractivity contribution in [2.45, 2.75) is 159 Å². The number of likely N-dealkylation sites (tertiary alicyclic amines) is 1. The number of nitrogens with zero attached hydrogens (tertiary/aromatic N) is 4. The molecule has 4 aliphatic heterocycles. The summed E-state index contributed by atoms with van der Waals surface area (Å²) in [6.07, 6.45) is 2.83. The number of amides is 1. The van der Waals surface area contributed by atoms with Crippen LogP contribution in [0.25, 0.3) is 0 Å². The maximum Gasteiger partial charge on any atom is 0.316 e. The molecule has 3 aromatic carbocycles. The number of hydrogen-bond acceptors (Lipinski definition) is 27. The van der Waals surface area contributed by atoms with E-state index >= 15 is 0 Å². The van der Waals surface area contributed by atoms with Gasteiger partial charge in [-0.25, -0.2) is 0 Å². The monoisotopic (exact) mass is 1520 g/mol. The average molecular weight is 1520 g/mol. The number of carbonyl (C=O) groups excluding carboxylic acids is 11. The lowest BCUT2D eigenvalue weighted by atomic mass is 10.0. The fourth-order valence-electron chi connectivity index (χ4n) is 10.6. The van der Waals surface area contributed by atoms with Crippen LogP contribution in [0.3, 0.4) is 0 Å². The topological polar surface area (TPSA) is 449 Å². The van der Waals surface area contributed by atoms with Gasteiger partial charge >= 0.3 is 41.8 Å². The molecule has 0 radical (unpaired) electrons. The Hall–Kier alpha value is -9.53. The van der Waals surface area contributed by atoms with Gasteiger partial charge in [0, 0.05) is 95.5 Å². The van der Waals surface area contributed by atoms with Gasteiger partial charge in [-0.05, 0) is 138 Å². The predicted molar refractivity (Wildman–Crippen MR) is 387 cm³/mol. The molecule has 4 N–H and O–H groups in total. The number of ketones is 3. The lowest BCUT2D eigenvalue weighted by Crippen LogP contribution is -2.34. The molecule has 4 saturated heterocycles. The Bertz CT molecular complexity index is 3110. The van der Waals surface area contributed by atoms with Crippen molar-refractivity contribution < 1.29 is 106 Å². The van der Waals surface area contributed by atoms with E-state index < -0.39 is 81.3 Å². The number of nitrogens with one attached hydrogen (secondary N) is 3. The first kappa shape index (κ1) is 96.5. The highest BCUT2D eigenvalue weighted by Crippen LogP contribution is 2.26. The zero-order valence-electron chi connectivity index (χ0n) is 62.6. The van der Waals surface area contributed by atoms with Crippen molar-refractivity contribution in [3.05, 3.63) is 138 Å². The Morgan fingerprint density at radius 3 is 1.05 bits per heavy atom. The normalized spacial score (nSPS) is 19.2. The molecule has 0 saturated carbocycles. The van der Waals surface area contributed by atoms with Crippen LogP contribution in [-0.4, -0.2) is 198 Å². The van der Waals surface area contributed by atoms with Gasteiger partial charge in [0.2, 0.25) is 19.6 Å². The summed E-state index contributed by atoms with van der Waals surface area (Å²) in [7, 11) is 0.